The largest absolute Gasteiger partial charge is 0.382 e. The minimum Gasteiger partial charge on any atom is -0.382 e. The zero-order chi connectivity index (χ0) is 17.4. The van der Waals surface area contributed by atoms with Gasteiger partial charge in [0.05, 0.1) is 5.69 Å². The second kappa shape index (κ2) is 6.32. The van der Waals surface area contributed by atoms with Gasteiger partial charge in [0.1, 0.15) is 11.3 Å². The number of nitrogens with one attached hydrogen (secondary N) is 1. The van der Waals surface area contributed by atoms with Crippen LogP contribution in [0.2, 0.25) is 0 Å². The summed E-state index contributed by atoms with van der Waals surface area (Å²) in [5, 5.41) is 4.34. The highest BCUT2D eigenvalue weighted by Gasteiger charge is 2.24. The minimum absolute atomic E-state index is 0.158. The Morgan fingerprint density at radius 1 is 1.20 bits per heavy atom. The van der Waals surface area contributed by atoms with Crippen LogP contribution in [-0.4, -0.2) is 47.7 Å². The summed E-state index contributed by atoms with van der Waals surface area (Å²) < 4.78 is 2.05. The highest BCUT2D eigenvalue weighted by Crippen LogP contribution is 2.29. The second-order valence-corrected chi connectivity index (χ2v) is 6.48. The van der Waals surface area contributed by atoms with Crippen molar-refractivity contribution in [3.8, 4) is 0 Å². The maximum absolute atomic E-state index is 5.91. The number of hydrogen-bond donors (Lipinski definition) is 3. The number of hydrogen-bond acceptors (Lipinski definition) is 7. The number of aromatic amines is 1. The van der Waals surface area contributed by atoms with Crippen LogP contribution in [0.25, 0.3) is 11.2 Å². The molecule has 0 amide bonds. The molecule has 0 aliphatic carbocycles. The third-order valence-corrected chi connectivity index (χ3v) is 4.88. The van der Waals surface area contributed by atoms with Gasteiger partial charge in [-0.15, -0.1) is 0 Å². The first-order valence-electron chi connectivity index (χ1n) is 8.65. The van der Waals surface area contributed by atoms with Crippen molar-refractivity contribution in [1.29, 1.82) is 0 Å². The standard InChI is InChI=1S/C16H23N9/c1-2-25-11(3-6-19-25)9-24-7-4-10(5-8-24)14-20-12-13(17)21-16(18)23-15(12)22-14/h3,6,10H,2,4-5,7-9H2,1H3,(H5,17,18,20,21,22,23). The van der Waals surface area contributed by atoms with Crippen molar-refractivity contribution in [3.05, 3.63) is 23.8 Å². The quantitative estimate of drug-likeness (QED) is 0.648. The number of aromatic nitrogens is 6. The average molecular weight is 341 g/mol. The maximum Gasteiger partial charge on any atom is 0.224 e. The Bertz CT molecular complexity index is 873. The highest BCUT2D eigenvalue weighted by molar-refractivity contribution is 5.82. The van der Waals surface area contributed by atoms with Gasteiger partial charge in [0, 0.05) is 25.2 Å². The molecule has 4 rings (SSSR count). The van der Waals surface area contributed by atoms with E-state index in [0.717, 1.165) is 44.8 Å². The van der Waals surface area contributed by atoms with Gasteiger partial charge in [-0.3, -0.25) is 9.58 Å². The van der Waals surface area contributed by atoms with E-state index in [0.29, 0.717) is 22.9 Å². The molecule has 3 aromatic rings. The van der Waals surface area contributed by atoms with Crippen LogP contribution < -0.4 is 11.5 Å². The van der Waals surface area contributed by atoms with E-state index in [2.05, 4.69) is 47.6 Å². The number of piperidine rings is 1. The number of likely N-dealkylation sites (tertiary alicyclic amines) is 1. The zero-order valence-corrected chi connectivity index (χ0v) is 14.3. The average Bonchev–Trinajstić information content (AvgIpc) is 3.22. The van der Waals surface area contributed by atoms with Crippen molar-refractivity contribution >= 4 is 22.9 Å². The van der Waals surface area contributed by atoms with Gasteiger partial charge >= 0.3 is 0 Å². The molecule has 25 heavy (non-hydrogen) atoms. The van der Waals surface area contributed by atoms with Gasteiger partial charge in [0.15, 0.2) is 11.5 Å². The Morgan fingerprint density at radius 3 is 2.76 bits per heavy atom. The number of nitrogen functional groups attached to an aromatic ring is 2. The fourth-order valence-electron chi connectivity index (χ4n) is 3.52. The number of anilines is 2. The maximum atomic E-state index is 5.91. The van der Waals surface area contributed by atoms with Crippen LogP contribution in [0.4, 0.5) is 11.8 Å². The number of aryl methyl sites for hydroxylation is 1. The summed E-state index contributed by atoms with van der Waals surface area (Å²) in [5.41, 5.74) is 14.1. The predicted molar refractivity (Wildman–Crippen MR) is 95.7 cm³/mol. The SMILES string of the molecule is CCn1nccc1CN1CCC(c2nc3nc(N)nc(N)c3[nH]2)CC1. The lowest BCUT2D eigenvalue weighted by Crippen LogP contribution is -2.33. The van der Waals surface area contributed by atoms with Crippen molar-refractivity contribution in [2.75, 3.05) is 24.6 Å². The number of nitrogens with zero attached hydrogens (tertiary/aromatic N) is 6. The predicted octanol–water partition coefficient (Wildman–Crippen LogP) is 1.11. The van der Waals surface area contributed by atoms with Crippen LogP contribution in [0.5, 0.6) is 0 Å². The lowest BCUT2D eigenvalue weighted by Gasteiger charge is -2.31. The van der Waals surface area contributed by atoms with Crippen LogP contribution in [-0.2, 0) is 13.1 Å². The van der Waals surface area contributed by atoms with E-state index in [1.54, 1.807) is 0 Å². The molecule has 0 radical (unpaired) electrons. The Morgan fingerprint density at radius 2 is 2.00 bits per heavy atom. The van der Waals surface area contributed by atoms with E-state index in [1.165, 1.54) is 5.69 Å². The Kier molecular flexibility index (Phi) is 4.00. The van der Waals surface area contributed by atoms with Crippen molar-refractivity contribution in [2.24, 2.45) is 0 Å². The first kappa shape index (κ1) is 15.8. The number of imidazole rings is 1. The number of nitrogens with two attached hydrogens (primary N) is 2. The lowest BCUT2D eigenvalue weighted by atomic mass is 9.96. The molecule has 5 N–H and O–H groups in total. The van der Waals surface area contributed by atoms with Crippen LogP contribution in [0.15, 0.2) is 12.3 Å². The van der Waals surface area contributed by atoms with Gasteiger partial charge in [-0.1, -0.05) is 0 Å². The van der Waals surface area contributed by atoms with E-state index < -0.39 is 0 Å². The van der Waals surface area contributed by atoms with Crippen molar-refractivity contribution in [2.45, 2.75) is 38.8 Å². The van der Waals surface area contributed by atoms with Crippen molar-refractivity contribution in [3.63, 3.8) is 0 Å². The Balaban J connectivity index is 1.44. The third kappa shape index (κ3) is 3.02. The summed E-state index contributed by atoms with van der Waals surface area (Å²) >= 11 is 0. The van der Waals surface area contributed by atoms with E-state index in [9.17, 15) is 0 Å². The topological polar surface area (TPSA) is 128 Å². The fourth-order valence-corrected chi connectivity index (χ4v) is 3.52. The molecule has 0 aromatic carbocycles. The highest BCUT2D eigenvalue weighted by atomic mass is 15.3. The molecule has 9 nitrogen and oxygen atoms in total. The molecule has 0 saturated carbocycles. The van der Waals surface area contributed by atoms with Gasteiger partial charge in [-0.2, -0.15) is 15.1 Å². The summed E-state index contributed by atoms with van der Waals surface area (Å²) in [5.74, 6) is 1.82. The molecule has 9 heteroatoms. The molecule has 1 fully saturated rings. The molecule has 1 saturated heterocycles. The molecule has 1 aliphatic rings. The summed E-state index contributed by atoms with van der Waals surface area (Å²) in [4.78, 5) is 18.5. The third-order valence-electron chi connectivity index (χ3n) is 4.88. The van der Waals surface area contributed by atoms with E-state index in [1.807, 2.05) is 6.20 Å². The Labute approximate surface area is 145 Å². The summed E-state index contributed by atoms with van der Waals surface area (Å²) in [6, 6.07) is 2.10. The van der Waals surface area contributed by atoms with Crippen LogP contribution in [0, 0.1) is 0 Å². The van der Waals surface area contributed by atoms with E-state index >= 15 is 0 Å². The number of fused-ring (bicyclic) bond motifs is 1. The number of rotatable bonds is 4. The number of H-pyrrole nitrogens is 1. The molecular formula is C16H23N9. The zero-order valence-electron chi connectivity index (χ0n) is 14.3. The molecule has 0 atom stereocenters. The monoisotopic (exact) mass is 341 g/mol. The van der Waals surface area contributed by atoms with Gasteiger partial charge in [0.25, 0.3) is 0 Å². The summed E-state index contributed by atoms with van der Waals surface area (Å²) in [6.45, 7) is 6.02. The molecule has 0 bridgehead atoms. The van der Waals surface area contributed by atoms with E-state index in [4.69, 9.17) is 11.5 Å². The summed E-state index contributed by atoms with van der Waals surface area (Å²) in [7, 11) is 0. The molecule has 1 aliphatic heterocycles. The van der Waals surface area contributed by atoms with Crippen molar-refractivity contribution < 1.29 is 0 Å². The van der Waals surface area contributed by atoms with Gasteiger partial charge < -0.3 is 16.5 Å². The normalized spacial score (nSPS) is 16.7. The van der Waals surface area contributed by atoms with Gasteiger partial charge in [-0.25, -0.2) is 4.98 Å². The fraction of sp³-hybridized carbons (Fsp3) is 0.500. The first-order chi connectivity index (χ1) is 12.1. The Hall–Kier alpha value is -2.68. The minimum atomic E-state index is 0.158. The molecular weight excluding hydrogens is 318 g/mol. The van der Waals surface area contributed by atoms with Crippen LogP contribution >= 0.6 is 0 Å². The molecule has 0 unspecified atom stereocenters. The summed E-state index contributed by atoms with van der Waals surface area (Å²) in [6.07, 6.45) is 3.96. The first-order valence-corrected chi connectivity index (χ1v) is 8.65. The van der Waals surface area contributed by atoms with Crippen molar-refractivity contribution in [1.82, 2.24) is 34.6 Å². The van der Waals surface area contributed by atoms with Gasteiger partial charge in [0.2, 0.25) is 5.95 Å². The van der Waals surface area contributed by atoms with E-state index in [-0.39, 0.29) is 5.95 Å². The molecule has 3 aromatic heterocycles. The van der Waals surface area contributed by atoms with Crippen LogP contribution in [0.1, 0.15) is 37.2 Å². The van der Waals surface area contributed by atoms with Gasteiger partial charge in [-0.05, 0) is 38.9 Å². The second-order valence-electron chi connectivity index (χ2n) is 6.48. The molecule has 0 spiro atoms. The lowest BCUT2D eigenvalue weighted by molar-refractivity contribution is 0.197. The molecule has 132 valence electrons. The smallest absolute Gasteiger partial charge is 0.224 e. The van der Waals surface area contributed by atoms with Crippen LogP contribution in [0.3, 0.4) is 0 Å². The molecule has 4 heterocycles.